The van der Waals surface area contributed by atoms with Crippen LogP contribution in [0.25, 0.3) is 0 Å². The van der Waals surface area contributed by atoms with E-state index in [2.05, 4.69) is 0 Å². The SMILES string of the molecule is COc1ccc(CC(=O)C(C#N)C#N)cc1OC. The smallest absolute Gasteiger partial charge is 0.191 e. The van der Waals surface area contributed by atoms with E-state index in [0.717, 1.165) is 0 Å². The molecule has 5 nitrogen and oxygen atoms in total. The van der Waals surface area contributed by atoms with Crippen molar-refractivity contribution >= 4 is 5.78 Å². The average Bonchev–Trinajstić information content (AvgIpc) is 2.40. The minimum atomic E-state index is -1.22. The lowest BCUT2D eigenvalue weighted by atomic mass is 10.00. The van der Waals surface area contributed by atoms with Crippen LogP contribution in [-0.4, -0.2) is 20.0 Å². The number of rotatable bonds is 5. The van der Waals surface area contributed by atoms with Crippen molar-refractivity contribution in [2.45, 2.75) is 6.42 Å². The Morgan fingerprint density at radius 2 is 1.83 bits per heavy atom. The third-order valence-electron chi connectivity index (χ3n) is 2.41. The van der Waals surface area contributed by atoms with Gasteiger partial charge < -0.3 is 9.47 Å². The Morgan fingerprint density at radius 3 is 2.33 bits per heavy atom. The summed E-state index contributed by atoms with van der Waals surface area (Å²) < 4.78 is 10.2. The molecule has 1 aromatic carbocycles. The highest BCUT2D eigenvalue weighted by molar-refractivity contribution is 5.87. The molecule has 0 radical (unpaired) electrons. The number of hydrogen-bond donors (Lipinski definition) is 0. The van der Waals surface area contributed by atoms with Crippen LogP contribution in [0.15, 0.2) is 18.2 Å². The molecule has 1 aromatic rings. The zero-order chi connectivity index (χ0) is 13.5. The van der Waals surface area contributed by atoms with Crippen LogP contribution in [-0.2, 0) is 11.2 Å². The van der Waals surface area contributed by atoms with Gasteiger partial charge in [0, 0.05) is 6.42 Å². The van der Waals surface area contributed by atoms with E-state index in [0.29, 0.717) is 17.1 Å². The van der Waals surface area contributed by atoms with Crippen molar-refractivity contribution in [3.05, 3.63) is 23.8 Å². The molecule has 0 atom stereocenters. The maximum atomic E-state index is 11.6. The van der Waals surface area contributed by atoms with Crippen LogP contribution in [0.2, 0.25) is 0 Å². The van der Waals surface area contributed by atoms with Crippen molar-refractivity contribution in [2.24, 2.45) is 5.92 Å². The highest BCUT2D eigenvalue weighted by atomic mass is 16.5. The van der Waals surface area contributed by atoms with Gasteiger partial charge in [0.1, 0.15) is 0 Å². The van der Waals surface area contributed by atoms with Crippen LogP contribution >= 0.6 is 0 Å². The van der Waals surface area contributed by atoms with E-state index in [4.69, 9.17) is 20.0 Å². The molecular formula is C13H12N2O3. The zero-order valence-corrected chi connectivity index (χ0v) is 10.1. The number of Topliss-reactive ketones (excluding diaryl/α,β-unsaturated/α-hetero) is 1. The number of methoxy groups -OCH3 is 2. The molecule has 0 aliphatic heterocycles. The summed E-state index contributed by atoms with van der Waals surface area (Å²) in [6.45, 7) is 0. The van der Waals surface area contributed by atoms with Gasteiger partial charge in [-0.1, -0.05) is 6.07 Å². The van der Waals surface area contributed by atoms with Gasteiger partial charge >= 0.3 is 0 Å². The van der Waals surface area contributed by atoms with Gasteiger partial charge in [-0.2, -0.15) is 10.5 Å². The van der Waals surface area contributed by atoms with Crippen LogP contribution in [0, 0.1) is 28.6 Å². The normalized spacial score (nSPS) is 9.39. The molecule has 92 valence electrons. The molecule has 0 saturated carbocycles. The molecule has 0 amide bonds. The maximum Gasteiger partial charge on any atom is 0.191 e. The van der Waals surface area contributed by atoms with E-state index in [1.54, 1.807) is 30.3 Å². The molecule has 0 aliphatic rings. The molecular weight excluding hydrogens is 232 g/mol. The highest BCUT2D eigenvalue weighted by Crippen LogP contribution is 2.27. The quantitative estimate of drug-likeness (QED) is 0.783. The standard InChI is InChI=1S/C13H12N2O3/c1-17-12-4-3-9(6-13(12)18-2)5-11(16)10(7-14)8-15/h3-4,6,10H,5H2,1-2H3. The second-order valence-electron chi connectivity index (χ2n) is 3.52. The summed E-state index contributed by atoms with van der Waals surface area (Å²) in [7, 11) is 3.01. The minimum absolute atomic E-state index is 0.0200. The van der Waals surface area contributed by atoms with Crippen LogP contribution in [0.4, 0.5) is 0 Å². The number of hydrogen-bond acceptors (Lipinski definition) is 5. The predicted octanol–water partition coefficient (Wildman–Crippen LogP) is 1.48. The predicted molar refractivity (Wildman–Crippen MR) is 63.0 cm³/mol. The molecule has 0 aromatic heterocycles. The molecule has 0 unspecified atom stereocenters. The minimum Gasteiger partial charge on any atom is -0.493 e. The first-order chi connectivity index (χ1) is 8.65. The molecule has 0 fully saturated rings. The average molecular weight is 244 g/mol. The highest BCUT2D eigenvalue weighted by Gasteiger charge is 2.17. The number of carbonyl (C=O) groups is 1. The number of ether oxygens (including phenoxy) is 2. The zero-order valence-electron chi connectivity index (χ0n) is 10.1. The Kier molecular flexibility index (Phi) is 4.71. The van der Waals surface area contributed by atoms with E-state index in [1.165, 1.54) is 14.2 Å². The van der Waals surface area contributed by atoms with Crippen molar-refractivity contribution in [2.75, 3.05) is 14.2 Å². The molecule has 0 saturated heterocycles. The van der Waals surface area contributed by atoms with Crippen molar-refractivity contribution in [3.8, 4) is 23.6 Å². The Morgan fingerprint density at radius 1 is 1.22 bits per heavy atom. The maximum absolute atomic E-state index is 11.6. The van der Waals surface area contributed by atoms with E-state index >= 15 is 0 Å². The summed E-state index contributed by atoms with van der Waals surface area (Å²) in [6.07, 6.45) is 0.0200. The summed E-state index contributed by atoms with van der Waals surface area (Å²) in [4.78, 5) is 11.6. The topological polar surface area (TPSA) is 83.1 Å². The number of nitrogens with zero attached hydrogens (tertiary/aromatic N) is 2. The Hall–Kier alpha value is -2.53. The van der Waals surface area contributed by atoms with Gasteiger partial charge in [-0.05, 0) is 17.7 Å². The molecule has 0 spiro atoms. The van der Waals surface area contributed by atoms with Crippen molar-refractivity contribution in [1.29, 1.82) is 10.5 Å². The lowest BCUT2D eigenvalue weighted by molar-refractivity contribution is -0.119. The molecule has 0 bridgehead atoms. The molecule has 0 N–H and O–H groups in total. The van der Waals surface area contributed by atoms with Crippen LogP contribution in [0.5, 0.6) is 11.5 Å². The van der Waals surface area contributed by atoms with Gasteiger partial charge in [-0.15, -0.1) is 0 Å². The monoisotopic (exact) mass is 244 g/mol. The van der Waals surface area contributed by atoms with Crippen molar-refractivity contribution in [1.82, 2.24) is 0 Å². The Bertz CT molecular complexity index is 512. The second kappa shape index (κ2) is 6.27. The summed E-state index contributed by atoms with van der Waals surface area (Å²) in [5.74, 6) is -0.579. The van der Waals surface area contributed by atoms with E-state index in [-0.39, 0.29) is 6.42 Å². The first kappa shape index (κ1) is 13.5. The Balaban J connectivity index is 2.90. The summed E-state index contributed by atoms with van der Waals surface area (Å²) in [5.41, 5.74) is 0.674. The van der Waals surface area contributed by atoms with Gasteiger partial charge in [0.15, 0.2) is 23.2 Å². The third kappa shape index (κ3) is 2.99. The van der Waals surface area contributed by atoms with E-state index in [1.807, 2.05) is 0 Å². The molecule has 5 heteroatoms. The molecule has 18 heavy (non-hydrogen) atoms. The summed E-state index contributed by atoms with van der Waals surface area (Å²) >= 11 is 0. The fourth-order valence-electron chi connectivity index (χ4n) is 1.47. The number of benzene rings is 1. The van der Waals surface area contributed by atoms with E-state index < -0.39 is 11.7 Å². The number of ketones is 1. The van der Waals surface area contributed by atoms with Gasteiger partial charge in [-0.3, -0.25) is 4.79 Å². The molecule has 0 aliphatic carbocycles. The van der Waals surface area contributed by atoms with Crippen molar-refractivity contribution in [3.63, 3.8) is 0 Å². The number of carbonyl (C=O) groups excluding carboxylic acids is 1. The van der Waals surface area contributed by atoms with Gasteiger partial charge in [0.25, 0.3) is 0 Å². The summed E-state index contributed by atoms with van der Waals surface area (Å²) in [6, 6.07) is 8.34. The molecule has 0 heterocycles. The van der Waals surface area contributed by atoms with Crippen LogP contribution < -0.4 is 9.47 Å². The first-order valence-electron chi connectivity index (χ1n) is 5.19. The van der Waals surface area contributed by atoms with Gasteiger partial charge in [-0.25, -0.2) is 0 Å². The van der Waals surface area contributed by atoms with Crippen LogP contribution in [0.3, 0.4) is 0 Å². The fraction of sp³-hybridized carbons (Fsp3) is 0.308. The van der Waals surface area contributed by atoms with Gasteiger partial charge in [0.05, 0.1) is 26.4 Å². The lowest BCUT2D eigenvalue weighted by Gasteiger charge is -2.09. The van der Waals surface area contributed by atoms with Gasteiger partial charge in [0.2, 0.25) is 0 Å². The number of nitriles is 2. The van der Waals surface area contributed by atoms with Crippen molar-refractivity contribution < 1.29 is 14.3 Å². The summed E-state index contributed by atoms with van der Waals surface area (Å²) in [5, 5.41) is 17.2. The molecule has 1 rings (SSSR count). The Labute approximate surface area is 105 Å². The lowest BCUT2D eigenvalue weighted by Crippen LogP contribution is -2.13. The third-order valence-corrected chi connectivity index (χ3v) is 2.41. The van der Waals surface area contributed by atoms with E-state index in [9.17, 15) is 4.79 Å². The first-order valence-corrected chi connectivity index (χ1v) is 5.19. The fourth-order valence-corrected chi connectivity index (χ4v) is 1.47. The van der Waals surface area contributed by atoms with Crippen LogP contribution in [0.1, 0.15) is 5.56 Å². The largest absolute Gasteiger partial charge is 0.493 e. The second-order valence-corrected chi connectivity index (χ2v) is 3.52.